The summed E-state index contributed by atoms with van der Waals surface area (Å²) < 4.78 is 50.4. The molecular formula is C16H19NO6S2. The number of sulfonamides is 1. The van der Waals surface area contributed by atoms with E-state index in [4.69, 9.17) is 0 Å². The molecule has 2 aromatic rings. The van der Waals surface area contributed by atoms with Crippen molar-refractivity contribution < 1.29 is 27.0 Å². The summed E-state index contributed by atoms with van der Waals surface area (Å²) in [6, 6.07) is 10.8. The number of nitrogens with zero attached hydrogens (tertiary/aromatic N) is 1. The highest BCUT2D eigenvalue weighted by Gasteiger charge is 2.44. The van der Waals surface area contributed by atoms with Crippen LogP contribution in [0.5, 0.6) is 0 Å². The van der Waals surface area contributed by atoms with Crippen molar-refractivity contribution in [1.82, 2.24) is 4.31 Å². The molecule has 0 aliphatic carbocycles. The van der Waals surface area contributed by atoms with Gasteiger partial charge in [0.25, 0.3) is 0 Å². The van der Waals surface area contributed by atoms with Crippen LogP contribution in [0.25, 0.3) is 10.8 Å². The zero-order valence-electron chi connectivity index (χ0n) is 13.3. The first-order valence-corrected chi connectivity index (χ1v) is 11.0. The number of benzene rings is 2. The Morgan fingerprint density at radius 2 is 1.76 bits per heavy atom. The largest absolute Gasteiger partial charge is 0.395 e. The van der Waals surface area contributed by atoms with Gasteiger partial charge in [0, 0.05) is 6.54 Å². The molecular weight excluding hydrogens is 366 g/mol. The molecule has 1 aliphatic heterocycles. The third-order valence-electron chi connectivity index (χ3n) is 4.31. The van der Waals surface area contributed by atoms with E-state index in [0.29, 0.717) is 0 Å². The second-order valence-corrected chi connectivity index (χ2v) is 10.1. The lowest BCUT2D eigenvalue weighted by molar-refractivity contribution is 0.117. The predicted octanol–water partition coefficient (Wildman–Crippen LogP) is -0.0193. The van der Waals surface area contributed by atoms with E-state index in [1.54, 1.807) is 18.2 Å². The van der Waals surface area contributed by atoms with E-state index >= 15 is 0 Å². The smallest absolute Gasteiger partial charge is 0.243 e. The Balaban J connectivity index is 2.04. The van der Waals surface area contributed by atoms with Crippen molar-refractivity contribution in [2.45, 2.75) is 17.0 Å². The van der Waals surface area contributed by atoms with Crippen LogP contribution in [0.1, 0.15) is 0 Å². The molecule has 7 nitrogen and oxygen atoms in total. The summed E-state index contributed by atoms with van der Waals surface area (Å²) >= 11 is 0. The monoisotopic (exact) mass is 385 g/mol. The number of aliphatic hydroxyl groups excluding tert-OH is 2. The highest BCUT2D eigenvalue weighted by atomic mass is 32.2. The molecule has 1 aliphatic rings. The van der Waals surface area contributed by atoms with Gasteiger partial charge >= 0.3 is 0 Å². The van der Waals surface area contributed by atoms with Crippen LogP contribution >= 0.6 is 0 Å². The molecule has 1 heterocycles. The molecule has 2 N–H and O–H groups in total. The van der Waals surface area contributed by atoms with Gasteiger partial charge in [-0.05, 0) is 22.9 Å². The van der Waals surface area contributed by atoms with Crippen molar-refractivity contribution >= 4 is 30.6 Å². The maximum Gasteiger partial charge on any atom is 0.243 e. The van der Waals surface area contributed by atoms with Gasteiger partial charge in [-0.15, -0.1) is 0 Å². The van der Waals surface area contributed by atoms with Crippen LogP contribution in [0.4, 0.5) is 0 Å². The number of sulfone groups is 1. The van der Waals surface area contributed by atoms with E-state index in [2.05, 4.69) is 0 Å². The van der Waals surface area contributed by atoms with Crippen LogP contribution in [0.2, 0.25) is 0 Å². The number of rotatable bonds is 5. The van der Waals surface area contributed by atoms with Gasteiger partial charge in [-0.2, -0.15) is 4.31 Å². The fourth-order valence-corrected chi connectivity index (χ4v) is 6.69. The van der Waals surface area contributed by atoms with E-state index in [-0.39, 0.29) is 11.4 Å². The molecule has 9 heteroatoms. The van der Waals surface area contributed by atoms with Crippen molar-refractivity contribution in [3.63, 3.8) is 0 Å². The number of fused-ring (bicyclic) bond motifs is 1. The average Bonchev–Trinajstić information content (AvgIpc) is 2.84. The fourth-order valence-electron chi connectivity index (χ4n) is 3.11. The molecule has 1 saturated heterocycles. The summed E-state index contributed by atoms with van der Waals surface area (Å²) in [5.41, 5.74) is 0. The van der Waals surface area contributed by atoms with E-state index in [0.717, 1.165) is 15.1 Å². The fraction of sp³-hybridized carbons (Fsp3) is 0.375. The number of hydrogen-bond acceptors (Lipinski definition) is 6. The molecule has 2 aromatic carbocycles. The SMILES string of the molecule is O=S1(=O)C[C@@H](O)[C@H](N(CCO)S(=O)(=O)c2ccc3ccccc3c2)C1. The van der Waals surface area contributed by atoms with E-state index in [9.17, 15) is 27.0 Å². The molecule has 0 amide bonds. The summed E-state index contributed by atoms with van der Waals surface area (Å²) in [6.07, 6.45) is -1.31. The molecule has 2 atom stereocenters. The van der Waals surface area contributed by atoms with Gasteiger partial charge in [0.1, 0.15) is 0 Å². The summed E-state index contributed by atoms with van der Waals surface area (Å²) in [5.74, 6) is -0.937. The number of aliphatic hydroxyl groups is 2. The second-order valence-electron chi connectivity index (χ2n) is 6.06. The molecule has 0 aromatic heterocycles. The maximum absolute atomic E-state index is 13.0. The van der Waals surface area contributed by atoms with Gasteiger partial charge in [-0.3, -0.25) is 0 Å². The van der Waals surface area contributed by atoms with E-state index in [1.807, 2.05) is 12.1 Å². The lowest BCUT2D eigenvalue weighted by Crippen LogP contribution is -2.47. The Kier molecular flexibility index (Phi) is 4.86. The zero-order chi connectivity index (χ0) is 18.2. The van der Waals surface area contributed by atoms with Gasteiger partial charge in [0.15, 0.2) is 9.84 Å². The molecule has 0 spiro atoms. The zero-order valence-corrected chi connectivity index (χ0v) is 14.9. The molecule has 0 saturated carbocycles. The molecule has 3 rings (SSSR count). The van der Waals surface area contributed by atoms with Crippen molar-refractivity contribution in [3.05, 3.63) is 42.5 Å². The van der Waals surface area contributed by atoms with Gasteiger partial charge in [-0.1, -0.05) is 30.3 Å². The van der Waals surface area contributed by atoms with Crippen LogP contribution in [-0.2, 0) is 19.9 Å². The predicted molar refractivity (Wildman–Crippen MR) is 93.4 cm³/mol. The minimum atomic E-state index is -4.07. The minimum absolute atomic E-state index is 0.00357. The minimum Gasteiger partial charge on any atom is -0.395 e. The standard InChI is InChI=1S/C16H19NO6S2/c18-8-7-17(15-10-24(20,21)11-16(15)19)25(22,23)14-6-5-12-3-1-2-4-13(12)9-14/h1-6,9,15-16,18-19H,7-8,10-11H2/t15-,16-/m1/s1. The first-order valence-electron chi connectivity index (χ1n) is 7.74. The van der Waals surface area contributed by atoms with Crippen molar-refractivity contribution in [1.29, 1.82) is 0 Å². The third-order valence-corrected chi connectivity index (χ3v) is 7.93. The van der Waals surface area contributed by atoms with Crippen LogP contribution in [0.3, 0.4) is 0 Å². The lowest BCUT2D eigenvalue weighted by atomic mass is 10.1. The summed E-state index contributed by atoms with van der Waals surface area (Å²) in [4.78, 5) is -0.00357. The van der Waals surface area contributed by atoms with E-state index in [1.165, 1.54) is 12.1 Å². The molecule has 25 heavy (non-hydrogen) atoms. The van der Waals surface area contributed by atoms with Crippen LogP contribution in [-0.4, -0.2) is 68.2 Å². The highest BCUT2D eigenvalue weighted by Crippen LogP contribution is 2.27. The van der Waals surface area contributed by atoms with Gasteiger partial charge < -0.3 is 10.2 Å². The maximum atomic E-state index is 13.0. The molecule has 0 bridgehead atoms. The van der Waals surface area contributed by atoms with Crippen molar-refractivity contribution in [3.8, 4) is 0 Å². The van der Waals surface area contributed by atoms with Crippen LogP contribution in [0.15, 0.2) is 47.4 Å². The Hall–Kier alpha value is -1.52. The normalized spacial score (nSPS) is 23.3. The molecule has 0 radical (unpaired) electrons. The van der Waals surface area contributed by atoms with E-state index < -0.39 is 50.1 Å². The average molecular weight is 385 g/mol. The Bertz CT molecular complexity index is 987. The summed E-state index contributed by atoms with van der Waals surface area (Å²) in [6.45, 7) is -0.761. The Morgan fingerprint density at radius 1 is 1.08 bits per heavy atom. The third kappa shape index (κ3) is 3.56. The quantitative estimate of drug-likeness (QED) is 0.748. The lowest BCUT2D eigenvalue weighted by Gasteiger charge is -2.28. The number of hydrogen-bond donors (Lipinski definition) is 2. The first-order chi connectivity index (χ1) is 11.7. The van der Waals surface area contributed by atoms with Gasteiger partial charge in [-0.25, -0.2) is 16.8 Å². The van der Waals surface area contributed by atoms with Crippen molar-refractivity contribution in [2.24, 2.45) is 0 Å². The molecule has 136 valence electrons. The topological polar surface area (TPSA) is 112 Å². The summed E-state index contributed by atoms with van der Waals surface area (Å²) in [7, 11) is -7.60. The van der Waals surface area contributed by atoms with Crippen LogP contribution < -0.4 is 0 Å². The van der Waals surface area contributed by atoms with Crippen LogP contribution in [0, 0.1) is 0 Å². The molecule has 1 fully saturated rings. The molecule has 0 unspecified atom stereocenters. The first kappa shape index (κ1) is 18.3. The second kappa shape index (κ2) is 6.65. The summed E-state index contributed by atoms with van der Waals surface area (Å²) in [5, 5.41) is 20.9. The van der Waals surface area contributed by atoms with Gasteiger partial charge in [0.05, 0.1) is 35.2 Å². The van der Waals surface area contributed by atoms with Gasteiger partial charge in [0.2, 0.25) is 10.0 Å². The van der Waals surface area contributed by atoms with Crippen molar-refractivity contribution in [2.75, 3.05) is 24.7 Å². The Morgan fingerprint density at radius 3 is 2.36 bits per heavy atom. The highest BCUT2D eigenvalue weighted by molar-refractivity contribution is 7.92. The Labute approximate surface area is 146 Å².